The minimum atomic E-state index is -0.0773. The molecule has 1 aliphatic carbocycles. The van der Waals surface area contributed by atoms with Gasteiger partial charge < -0.3 is 24.8 Å². The van der Waals surface area contributed by atoms with E-state index in [1.807, 2.05) is 12.1 Å². The van der Waals surface area contributed by atoms with E-state index in [1.54, 1.807) is 26.0 Å². The fourth-order valence-corrected chi connectivity index (χ4v) is 5.20. The minimum Gasteiger partial charge on any atom is -0.497 e. The molecule has 2 aromatic rings. The number of allylic oxidation sites excluding steroid dienone is 1. The van der Waals surface area contributed by atoms with Gasteiger partial charge in [0.15, 0.2) is 0 Å². The van der Waals surface area contributed by atoms with Gasteiger partial charge in [0.25, 0.3) is 0 Å². The van der Waals surface area contributed by atoms with E-state index in [0.29, 0.717) is 12.0 Å². The Kier molecular flexibility index (Phi) is 9.96. The number of anilines is 2. The molecule has 2 aromatic carbocycles. The molecule has 3 rings (SSSR count). The number of nitrogens with zero attached hydrogens (tertiary/aromatic N) is 1. The number of benzene rings is 2. The first-order valence-electron chi connectivity index (χ1n) is 12.5. The summed E-state index contributed by atoms with van der Waals surface area (Å²) < 4.78 is 10.8. The van der Waals surface area contributed by atoms with Crippen LogP contribution in [-0.2, 0) is 10.5 Å². The zero-order valence-corrected chi connectivity index (χ0v) is 22.8. The average molecular weight is 499 g/mol. The van der Waals surface area contributed by atoms with Gasteiger partial charge in [-0.2, -0.15) is 0 Å². The standard InChI is InChI=1S/C29H42N2O3S/c1-21(29(2,3)4)30-27-17-26(35-19-23-9-13-25(34-6)14-10-23)15-16-28(27)31(20-32)18-22-7-11-24(33-5)12-8-22/h9-10,13-17,22,24,30,32H,1,7-8,11-12,18-20H2,2-6H3. The van der Waals surface area contributed by atoms with Crippen LogP contribution in [0.15, 0.2) is 59.6 Å². The Balaban J connectivity index is 1.78. The van der Waals surface area contributed by atoms with Crippen molar-refractivity contribution in [1.29, 1.82) is 0 Å². The van der Waals surface area contributed by atoms with Crippen LogP contribution in [0.4, 0.5) is 11.4 Å². The number of methoxy groups -OCH3 is 2. The first-order chi connectivity index (χ1) is 16.7. The summed E-state index contributed by atoms with van der Waals surface area (Å²) in [6.45, 7) is 11.6. The van der Waals surface area contributed by atoms with Crippen molar-refractivity contribution in [3.05, 3.63) is 60.3 Å². The van der Waals surface area contributed by atoms with E-state index in [4.69, 9.17) is 9.47 Å². The van der Waals surface area contributed by atoms with E-state index in [9.17, 15) is 5.11 Å². The quantitative estimate of drug-likeness (QED) is 0.259. The van der Waals surface area contributed by atoms with E-state index in [0.717, 1.165) is 60.8 Å². The minimum absolute atomic E-state index is 0.0147. The van der Waals surface area contributed by atoms with E-state index in [1.165, 1.54) is 10.5 Å². The van der Waals surface area contributed by atoms with Gasteiger partial charge in [0.2, 0.25) is 0 Å². The zero-order valence-electron chi connectivity index (χ0n) is 22.0. The normalized spacial score (nSPS) is 18.2. The molecule has 0 bridgehead atoms. The number of hydrogen-bond acceptors (Lipinski definition) is 6. The van der Waals surface area contributed by atoms with Crippen molar-refractivity contribution in [3.8, 4) is 5.75 Å². The number of ether oxygens (including phenoxy) is 2. The molecule has 5 nitrogen and oxygen atoms in total. The van der Waals surface area contributed by atoms with Crippen molar-refractivity contribution in [2.75, 3.05) is 37.7 Å². The molecule has 2 N–H and O–H groups in total. The highest BCUT2D eigenvalue weighted by molar-refractivity contribution is 7.98. The van der Waals surface area contributed by atoms with Crippen LogP contribution in [0.5, 0.6) is 5.75 Å². The maximum absolute atomic E-state index is 10.3. The maximum Gasteiger partial charge on any atom is 0.118 e. The lowest BCUT2D eigenvalue weighted by Crippen LogP contribution is -2.34. The Morgan fingerprint density at radius 1 is 1.09 bits per heavy atom. The van der Waals surface area contributed by atoms with Crippen LogP contribution in [0.25, 0.3) is 0 Å². The SMILES string of the molecule is C=C(Nc1cc(SCc2ccc(OC)cc2)ccc1N(CO)CC1CCC(OC)CC1)C(C)(C)C. The van der Waals surface area contributed by atoms with Gasteiger partial charge in [-0.05, 0) is 67.5 Å². The van der Waals surface area contributed by atoms with Gasteiger partial charge in [0.05, 0.1) is 24.6 Å². The van der Waals surface area contributed by atoms with Crippen molar-refractivity contribution in [3.63, 3.8) is 0 Å². The van der Waals surface area contributed by atoms with Crippen molar-refractivity contribution in [1.82, 2.24) is 0 Å². The van der Waals surface area contributed by atoms with E-state index < -0.39 is 0 Å². The van der Waals surface area contributed by atoms with Gasteiger partial charge in [-0.3, -0.25) is 0 Å². The highest BCUT2D eigenvalue weighted by Crippen LogP contribution is 2.37. The average Bonchev–Trinajstić information content (AvgIpc) is 2.86. The van der Waals surface area contributed by atoms with Crippen molar-refractivity contribution >= 4 is 23.1 Å². The van der Waals surface area contributed by atoms with Gasteiger partial charge in [0, 0.05) is 35.4 Å². The van der Waals surface area contributed by atoms with Gasteiger partial charge >= 0.3 is 0 Å². The van der Waals surface area contributed by atoms with Crippen LogP contribution in [-0.4, -0.2) is 38.7 Å². The molecule has 0 amide bonds. The molecule has 1 aliphatic rings. The van der Waals surface area contributed by atoms with Gasteiger partial charge in [0.1, 0.15) is 12.5 Å². The number of thioether (sulfide) groups is 1. The van der Waals surface area contributed by atoms with E-state index >= 15 is 0 Å². The number of nitrogens with one attached hydrogen (secondary N) is 1. The molecule has 1 saturated carbocycles. The van der Waals surface area contributed by atoms with Crippen LogP contribution in [0.2, 0.25) is 0 Å². The second-order valence-electron chi connectivity index (χ2n) is 10.4. The summed E-state index contributed by atoms with van der Waals surface area (Å²) in [6.07, 6.45) is 4.81. The smallest absolute Gasteiger partial charge is 0.118 e. The van der Waals surface area contributed by atoms with Crippen molar-refractivity contribution in [2.45, 2.75) is 63.2 Å². The molecule has 0 aromatic heterocycles. The number of aliphatic hydroxyl groups excluding tert-OH is 1. The summed E-state index contributed by atoms with van der Waals surface area (Å²) in [4.78, 5) is 3.26. The Hall–Kier alpha value is -2.15. The molecule has 0 radical (unpaired) electrons. The first-order valence-corrected chi connectivity index (χ1v) is 13.5. The summed E-state index contributed by atoms with van der Waals surface area (Å²) in [7, 11) is 3.49. The second kappa shape index (κ2) is 12.7. The number of hydrogen-bond donors (Lipinski definition) is 2. The number of rotatable bonds is 11. The zero-order chi connectivity index (χ0) is 25.4. The summed E-state index contributed by atoms with van der Waals surface area (Å²) in [5.74, 6) is 2.29. The molecular formula is C29H42N2O3S. The molecule has 0 spiro atoms. The molecule has 0 saturated heterocycles. The summed E-state index contributed by atoms with van der Waals surface area (Å²) in [6, 6.07) is 14.7. The fourth-order valence-electron chi connectivity index (χ4n) is 4.31. The van der Waals surface area contributed by atoms with Gasteiger partial charge in [-0.25, -0.2) is 0 Å². The third kappa shape index (κ3) is 7.92. The van der Waals surface area contributed by atoms with Gasteiger partial charge in [-0.15, -0.1) is 11.8 Å². The topological polar surface area (TPSA) is 54.0 Å². The Bertz CT molecular complexity index is 947. The lowest BCUT2D eigenvalue weighted by molar-refractivity contribution is 0.0571. The lowest BCUT2D eigenvalue weighted by Gasteiger charge is -2.34. The van der Waals surface area contributed by atoms with Crippen LogP contribution in [0, 0.1) is 11.3 Å². The molecule has 192 valence electrons. The molecule has 35 heavy (non-hydrogen) atoms. The molecule has 0 unspecified atom stereocenters. The predicted molar refractivity (Wildman–Crippen MR) is 148 cm³/mol. The molecular weight excluding hydrogens is 456 g/mol. The fraction of sp³-hybridized carbons (Fsp3) is 0.517. The number of aliphatic hydroxyl groups is 1. The second-order valence-corrected chi connectivity index (χ2v) is 11.5. The summed E-state index contributed by atoms with van der Waals surface area (Å²) >= 11 is 1.80. The van der Waals surface area contributed by atoms with Crippen LogP contribution < -0.4 is 15.0 Å². The highest BCUT2D eigenvalue weighted by Gasteiger charge is 2.24. The molecule has 6 heteroatoms. The Labute approximate surface area is 215 Å². The Morgan fingerprint density at radius 2 is 1.77 bits per heavy atom. The molecule has 0 atom stereocenters. The Morgan fingerprint density at radius 3 is 2.34 bits per heavy atom. The largest absolute Gasteiger partial charge is 0.497 e. The van der Waals surface area contributed by atoms with E-state index in [2.05, 4.69) is 67.9 Å². The maximum atomic E-state index is 10.3. The molecule has 1 fully saturated rings. The third-order valence-electron chi connectivity index (χ3n) is 6.84. The first kappa shape index (κ1) is 27.4. The molecule has 0 heterocycles. The summed E-state index contributed by atoms with van der Waals surface area (Å²) in [5, 5.41) is 13.9. The lowest BCUT2D eigenvalue weighted by atomic mass is 9.87. The summed E-state index contributed by atoms with van der Waals surface area (Å²) in [5.41, 5.74) is 4.13. The van der Waals surface area contributed by atoms with Crippen LogP contribution >= 0.6 is 11.8 Å². The highest BCUT2D eigenvalue weighted by atomic mass is 32.2. The van der Waals surface area contributed by atoms with Crippen LogP contribution in [0.3, 0.4) is 0 Å². The van der Waals surface area contributed by atoms with Crippen molar-refractivity contribution < 1.29 is 14.6 Å². The monoisotopic (exact) mass is 498 g/mol. The van der Waals surface area contributed by atoms with Crippen LogP contribution in [0.1, 0.15) is 52.0 Å². The van der Waals surface area contributed by atoms with Gasteiger partial charge in [-0.1, -0.05) is 39.5 Å². The predicted octanol–water partition coefficient (Wildman–Crippen LogP) is 6.92. The third-order valence-corrected chi connectivity index (χ3v) is 7.91. The van der Waals surface area contributed by atoms with E-state index in [-0.39, 0.29) is 12.1 Å². The van der Waals surface area contributed by atoms with Crippen molar-refractivity contribution in [2.24, 2.45) is 11.3 Å². The molecule has 0 aliphatic heterocycles.